The van der Waals surface area contributed by atoms with Crippen LogP contribution >= 0.6 is 0 Å². The summed E-state index contributed by atoms with van der Waals surface area (Å²) in [6, 6.07) is 3.47. The highest BCUT2D eigenvalue weighted by atomic mass is 16.5. The van der Waals surface area contributed by atoms with Gasteiger partial charge < -0.3 is 19.5 Å². The molecular weight excluding hydrogens is 270 g/mol. The molecule has 2 rings (SSSR count). The Morgan fingerprint density at radius 3 is 2.76 bits per heavy atom. The molecule has 1 aromatic rings. The third-order valence-electron chi connectivity index (χ3n) is 3.46. The monoisotopic (exact) mass is 291 g/mol. The third kappa shape index (κ3) is 2.74. The molecule has 1 amide bonds. The van der Waals surface area contributed by atoms with Crippen LogP contribution in [0.2, 0.25) is 0 Å². The minimum atomic E-state index is -0.550. The van der Waals surface area contributed by atoms with Gasteiger partial charge in [-0.15, -0.1) is 6.58 Å². The van der Waals surface area contributed by atoms with Gasteiger partial charge in [0.15, 0.2) is 17.6 Å². The van der Waals surface area contributed by atoms with Gasteiger partial charge >= 0.3 is 0 Å². The predicted molar refractivity (Wildman–Crippen MR) is 80.7 cm³/mol. The van der Waals surface area contributed by atoms with Crippen molar-refractivity contribution in [1.82, 2.24) is 0 Å². The number of ether oxygens (including phenoxy) is 2. The fourth-order valence-corrected chi connectivity index (χ4v) is 2.39. The average molecular weight is 291 g/mol. The van der Waals surface area contributed by atoms with Crippen LogP contribution in [0.5, 0.6) is 11.5 Å². The molecular formula is C16H21NO4. The molecule has 5 nitrogen and oxygen atoms in total. The van der Waals surface area contributed by atoms with Gasteiger partial charge in [0.1, 0.15) is 0 Å². The Kier molecular flexibility index (Phi) is 4.53. The number of aliphatic hydroxyl groups excluding tert-OH is 1. The molecule has 1 N–H and O–H groups in total. The van der Waals surface area contributed by atoms with Gasteiger partial charge in [-0.2, -0.15) is 0 Å². The number of benzene rings is 1. The van der Waals surface area contributed by atoms with E-state index in [2.05, 4.69) is 6.58 Å². The molecule has 0 fully saturated rings. The normalized spacial score (nSPS) is 17.5. The number of hydrogen-bond acceptors (Lipinski definition) is 4. The van der Waals surface area contributed by atoms with E-state index in [1.165, 1.54) is 0 Å². The second-order valence-electron chi connectivity index (χ2n) is 5.32. The summed E-state index contributed by atoms with van der Waals surface area (Å²) in [4.78, 5) is 14.2. The summed E-state index contributed by atoms with van der Waals surface area (Å²) in [5, 5.41) is 9.36. The van der Waals surface area contributed by atoms with E-state index in [1.807, 2.05) is 13.8 Å². The van der Waals surface area contributed by atoms with Gasteiger partial charge in [-0.3, -0.25) is 4.79 Å². The van der Waals surface area contributed by atoms with Crippen LogP contribution in [-0.4, -0.2) is 30.8 Å². The standard InChI is InChI=1S/C16H21NO4/c1-5-6-17-12-7-11(9-18)8-13(20-4)15(12)21-14(10(2)3)16(17)19/h5,7-8,10,14,18H,1,6,9H2,2-4H3. The number of rotatable bonds is 5. The van der Waals surface area contributed by atoms with E-state index in [1.54, 1.807) is 30.2 Å². The molecule has 5 heteroatoms. The molecule has 1 aromatic carbocycles. The molecule has 1 atom stereocenters. The molecule has 0 aromatic heterocycles. The largest absolute Gasteiger partial charge is 0.493 e. The lowest BCUT2D eigenvalue weighted by atomic mass is 10.0. The van der Waals surface area contributed by atoms with E-state index in [4.69, 9.17) is 9.47 Å². The Labute approximate surface area is 124 Å². The second-order valence-corrected chi connectivity index (χ2v) is 5.32. The zero-order valence-electron chi connectivity index (χ0n) is 12.6. The zero-order chi connectivity index (χ0) is 15.6. The molecule has 21 heavy (non-hydrogen) atoms. The minimum absolute atomic E-state index is 0.0418. The molecule has 0 aliphatic carbocycles. The summed E-state index contributed by atoms with van der Waals surface area (Å²) in [6.07, 6.45) is 1.12. The van der Waals surface area contributed by atoms with Crippen molar-refractivity contribution in [2.24, 2.45) is 5.92 Å². The number of methoxy groups -OCH3 is 1. The lowest BCUT2D eigenvalue weighted by Gasteiger charge is -2.36. The van der Waals surface area contributed by atoms with Crippen LogP contribution in [0.3, 0.4) is 0 Å². The maximum absolute atomic E-state index is 12.6. The smallest absolute Gasteiger partial charge is 0.268 e. The summed E-state index contributed by atoms with van der Waals surface area (Å²) in [6.45, 7) is 7.83. The Morgan fingerprint density at radius 1 is 1.52 bits per heavy atom. The van der Waals surface area contributed by atoms with Crippen LogP contribution in [0.4, 0.5) is 5.69 Å². The molecule has 0 bridgehead atoms. The zero-order valence-corrected chi connectivity index (χ0v) is 12.6. The molecule has 114 valence electrons. The summed E-state index contributed by atoms with van der Waals surface area (Å²) >= 11 is 0. The van der Waals surface area contributed by atoms with Gasteiger partial charge in [0, 0.05) is 6.54 Å². The van der Waals surface area contributed by atoms with Crippen molar-refractivity contribution < 1.29 is 19.4 Å². The summed E-state index contributed by atoms with van der Waals surface area (Å²) < 4.78 is 11.2. The summed E-state index contributed by atoms with van der Waals surface area (Å²) in [7, 11) is 1.54. The number of hydrogen-bond donors (Lipinski definition) is 1. The van der Waals surface area contributed by atoms with Gasteiger partial charge in [0.2, 0.25) is 0 Å². The first kappa shape index (κ1) is 15.4. The van der Waals surface area contributed by atoms with Crippen molar-refractivity contribution in [3.8, 4) is 11.5 Å². The first-order chi connectivity index (χ1) is 10.0. The summed E-state index contributed by atoms with van der Waals surface area (Å²) in [5.74, 6) is 0.994. The fraction of sp³-hybridized carbons (Fsp3) is 0.438. The Morgan fingerprint density at radius 2 is 2.24 bits per heavy atom. The topological polar surface area (TPSA) is 59.0 Å². The van der Waals surface area contributed by atoms with E-state index in [-0.39, 0.29) is 18.4 Å². The molecule has 1 heterocycles. The Hall–Kier alpha value is -2.01. The van der Waals surface area contributed by atoms with Gasteiger partial charge in [0.25, 0.3) is 5.91 Å². The van der Waals surface area contributed by atoms with Crippen LogP contribution in [0.25, 0.3) is 0 Å². The van der Waals surface area contributed by atoms with E-state index in [0.29, 0.717) is 29.3 Å². The quantitative estimate of drug-likeness (QED) is 0.844. The van der Waals surface area contributed by atoms with Crippen molar-refractivity contribution in [1.29, 1.82) is 0 Å². The van der Waals surface area contributed by atoms with Crippen LogP contribution in [0.15, 0.2) is 24.8 Å². The second kappa shape index (κ2) is 6.18. The molecule has 0 radical (unpaired) electrons. The number of aliphatic hydroxyl groups is 1. The lowest BCUT2D eigenvalue weighted by Crippen LogP contribution is -2.48. The van der Waals surface area contributed by atoms with Crippen LogP contribution in [0.1, 0.15) is 19.4 Å². The van der Waals surface area contributed by atoms with Crippen LogP contribution in [-0.2, 0) is 11.4 Å². The number of carbonyl (C=O) groups is 1. The average Bonchev–Trinajstić information content (AvgIpc) is 2.48. The molecule has 1 aliphatic heterocycles. The number of carbonyl (C=O) groups excluding carboxylic acids is 1. The predicted octanol–water partition coefficient (Wildman–Crippen LogP) is 2.12. The van der Waals surface area contributed by atoms with Crippen LogP contribution < -0.4 is 14.4 Å². The molecule has 1 aliphatic rings. The van der Waals surface area contributed by atoms with Crippen LogP contribution in [0, 0.1) is 5.92 Å². The first-order valence-corrected chi connectivity index (χ1v) is 6.94. The first-order valence-electron chi connectivity index (χ1n) is 6.94. The third-order valence-corrected chi connectivity index (χ3v) is 3.46. The number of amides is 1. The maximum Gasteiger partial charge on any atom is 0.268 e. The Balaban J connectivity index is 2.59. The SMILES string of the molecule is C=CCN1C(=O)C(C(C)C)Oc2c(OC)cc(CO)cc21. The molecule has 0 saturated heterocycles. The van der Waals surface area contributed by atoms with E-state index in [9.17, 15) is 9.90 Å². The van der Waals surface area contributed by atoms with Gasteiger partial charge in [-0.25, -0.2) is 0 Å². The summed E-state index contributed by atoms with van der Waals surface area (Å²) in [5.41, 5.74) is 1.28. The van der Waals surface area contributed by atoms with E-state index in [0.717, 1.165) is 0 Å². The highest BCUT2D eigenvalue weighted by Crippen LogP contribution is 2.43. The highest BCUT2D eigenvalue weighted by Gasteiger charge is 2.37. The number of fused-ring (bicyclic) bond motifs is 1. The van der Waals surface area contributed by atoms with E-state index < -0.39 is 6.10 Å². The van der Waals surface area contributed by atoms with Gasteiger partial charge in [-0.1, -0.05) is 19.9 Å². The van der Waals surface area contributed by atoms with Gasteiger partial charge in [-0.05, 0) is 23.6 Å². The Bertz CT molecular complexity index is 553. The molecule has 0 spiro atoms. The van der Waals surface area contributed by atoms with E-state index >= 15 is 0 Å². The van der Waals surface area contributed by atoms with Crippen molar-refractivity contribution >= 4 is 11.6 Å². The van der Waals surface area contributed by atoms with Gasteiger partial charge in [0.05, 0.1) is 19.4 Å². The van der Waals surface area contributed by atoms with Crippen molar-refractivity contribution in [2.75, 3.05) is 18.6 Å². The lowest BCUT2D eigenvalue weighted by molar-refractivity contribution is -0.128. The minimum Gasteiger partial charge on any atom is -0.493 e. The van der Waals surface area contributed by atoms with Crippen molar-refractivity contribution in [2.45, 2.75) is 26.6 Å². The molecule has 1 unspecified atom stereocenters. The molecule has 0 saturated carbocycles. The maximum atomic E-state index is 12.6. The van der Waals surface area contributed by atoms with Crippen molar-refractivity contribution in [3.63, 3.8) is 0 Å². The number of nitrogens with zero attached hydrogens (tertiary/aromatic N) is 1. The fourth-order valence-electron chi connectivity index (χ4n) is 2.39. The van der Waals surface area contributed by atoms with Crippen molar-refractivity contribution in [3.05, 3.63) is 30.4 Å². The number of anilines is 1. The highest BCUT2D eigenvalue weighted by molar-refractivity contribution is 6.01.